The summed E-state index contributed by atoms with van der Waals surface area (Å²) in [6.07, 6.45) is 1.95. The third-order valence-electron chi connectivity index (χ3n) is 4.98. The van der Waals surface area contributed by atoms with Crippen LogP contribution in [-0.4, -0.2) is 35.1 Å². The summed E-state index contributed by atoms with van der Waals surface area (Å²) in [6, 6.07) is 12.4. The van der Waals surface area contributed by atoms with Crippen molar-refractivity contribution in [2.45, 2.75) is 39.8 Å². The van der Waals surface area contributed by atoms with E-state index in [0.29, 0.717) is 32.0 Å². The van der Waals surface area contributed by atoms with Crippen LogP contribution in [0.2, 0.25) is 0 Å². The van der Waals surface area contributed by atoms with Crippen molar-refractivity contribution in [3.63, 3.8) is 0 Å². The molecule has 0 saturated heterocycles. The maximum Gasteiger partial charge on any atom is 0.317 e. The van der Waals surface area contributed by atoms with Gasteiger partial charge in [0.1, 0.15) is 0 Å². The normalized spacial score (nSPS) is 12.9. The minimum atomic E-state index is -0.172. The van der Waals surface area contributed by atoms with E-state index in [-0.39, 0.29) is 23.6 Å². The lowest BCUT2D eigenvalue weighted by Gasteiger charge is -2.22. The molecule has 2 aromatic rings. The predicted octanol–water partition coefficient (Wildman–Crippen LogP) is 3.87. The number of ether oxygens (including phenoxy) is 1. The minimum Gasteiger partial charge on any atom is -0.504 e. The van der Waals surface area contributed by atoms with Gasteiger partial charge in [-0.1, -0.05) is 18.2 Å². The summed E-state index contributed by atoms with van der Waals surface area (Å²) in [5, 5.41) is 15.7. The first-order valence-corrected chi connectivity index (χ1v) is 10.4. The number of hydrogen-bond acceptors (Lipinski definition) is 4. The second-order valence-electron chi connectivity index (χ2n) is 7.37. The summed E-state index contributed by atoms with van der Waals surface area (Å²) < 4.78 is 5.41. The number of aromatic hydroxyl groups is 1. The largest absolute Gasteiger partial charge is 0.504 e. The van der Waals surface area contributed by atoms with E-state index in [1.807, 2.05) is 38.1 Å². The fraction of sp³-hybridized carbons (Fsp3) is 0.391. The number of anilines is 1. The molecule has 3 rings (SSSR count). The van der Waals surface area contributed by atoms with E-state index in [0.717, 1.165) is 29.7 Å². The van der Waals surface area contributed by atoms with Gasteiger partial charge in [0.25, 0.3) is 0 Å². The van der Waals surface area contributed by atoms with Crippen molar-refractivity contribution in [3.05, 3.63) is 53.6 Å². The highest BCUT2D eigenvalue weighted by Crippen LogP contribution is 2.30. The van der Waals surface area contributed by atoms with Gasteiger partial charge in [-0.2, -0.15) is 0 Å². The van der Waals surface area contributed by atoms with Crippen molar-refractivity contribution in [1.82, 2.24) is 10.2 Å². The van der Waals surface area contributed by atoms with E-state index in [1.54, 1.807) is 23.1 Å². The molecule has 3 amide bonds. The number of carbonyl (C=O) groups excluding carboxylic acids is 2. The SMILES string of the molecule is CCOc1cc(CN(CC)C(=O)NCc2ccc(NC(=O)C3CC3)cc2)ccc1O. The molecular weight excluding hydrogens is 382 g/mol. The van der Waals surface area contributed by atoms with Crippen LogP contribution in [0.3, 0.4) is 0 Å². The molecule has 7 heteroatoms. The highest BCUT2D eigenvalue weighted by molar-refractivity contribution is 5.94. The Balaban J connectivity index is 1.52. The Morgan fingerprint density at radius 3 is 2.43 bits per heavy atom. The molecule has 2 aromatic carbocycles. The molecule has 0 aromatic heterocycles. The first-order valence-electron chi connectivity index (χ1n) is 10.4. The highest BCUT2D eigenvalue weighted by atomic mass is 16.5. The van der Waals surface area contributed by atoms with Gasteiger partial charge in [0.15, 0.2) is 11.5 Å². The van der Waals surface area contributed by atoms with Crippen LogP contribution in [0.15, 0.2) is 42.5 Å². The smallest absolute Gasteiger partial charge is 0.317 e. The molecule has 1 aliphatic rings. The van der Waals surface area contributed by atoms with Crippen molar-refractivity contribution in [2.24, 2.45) is 5.92 Å². The third kappa shape index (κ3) is 5.89. The van der Waals surface area contributed by atoms with Crippen molar-refractivity contribution in [3.8, 4) is 11.5 Å². The van der Waals surface area contributed by atoms with Crippen LogP contribution >= 0.6 is 0 Å². The second kappa shape index (κ2) is 10.0. The highest BCUT2D eigenvalue weighted by Gasteiger charge is 2.29. The fourth-order valence-electron chi connectivity index (χ4n) is 3.06. The van der Waals surface area contributed by atoms with Crippen LogP contribution in [-0.2, 0) is 17.9 Å². The molecule has 0 unspecified atom stereocenters. The van der Waals surface area contributed by atoms with Gasteiger partial charge in [-0.15, -0.1) is 0 Å². The Kier molecular flexibility index (Phi) is 7.17. The lowest BCUT2D eigenvalue weighted by atomic mass is 10.2. The number of nitrogens with zero attached hydrogens (tertiary/aromatic N) is 1. The molecule has 0 bridgehead atoms. The van der Waals surface area contributed by atoms with Gasteiger partial charge in [-0.25, -0.2) is 4.79 Å². The molecule has 1 saturated carbocycles. The summed E-state index contributed by atoms with van der Waals surface area (Å²) >= 11 is 0. The molecule has 0 heterocycles. The molecule has 0 aliphatic heterocycles. The standard InChI is InChI=1S/C23H29N3O4/c1-3-26(15-17-7-12-20(27)21(13-17)30-4-2)23(29)24-14-16-5-10-19(11-6-16)25-22(28)18-8-9-18/h5-7,10-13,18,27H,3-4,8-9,14-15H2,1-2H3,(H,24,29)(H,25,28). The van der Waals surface area contributed by atoms with E-state index in [2.05, 4.69) is 10.6 Å². The van der Waals surface area contributed by atoms with Gasteiger partial charge in [0, 0.05) is 31.2 Å². The Morgan fingerprint density at radius 1 is 1.10 bits per heavy atom. The monoisotopic (exact) mass is 411 g/mol. The number of carbonyl (C=O) groups is 2. The number of phenols is 1. The average Bonchev–Trinajstić information content (AvgIpc) is 3.59. The molecule has 1 aliphatic carbocycles. The van der Waals surface area contributed by atoms with Gasteiger partial charge in [0.05, 0.1) is 6.61 Å². The fourth-order valence-corrected chi connectivity index (χ4v) is 3.06. The van der Waals surface area contributed by atoms with Gasteiger partial charge in [-0.05, 0) is 62.1 Å². The van der Waals surface area contributed by atoms with Crippen LogP contribution in [0.5, 0.6) is 11.5 Å². The molecule has 0 atom stereocenters. The summed E-state index contributed by atoms with van der Waals surface area (Å²) in [7, 11) is 0. The summed E-state index contributed by atoms with van der Waals surface area (Å²) in [5.74, 6) is 0.753. The zero-order chi connectivity index (χ0) is 21.5. The van der Waals surface area contributed by atoms with E-state index in [1.165, 1.54) is 0 Å². The molecule has 7 nitrogen and oxygen atoms in total. The summed E-state index contributed by atoms with van der Waals surface area (Å²) in [4.78, 5) is 26.1. The molecule has 0 radical (unpaired) electrons. The Bertz CT molecular complexity index is 879. The second-order valence-corrected chi connectivity index (χ2v) is 7.37. The van der Waals surface area contributed by atoms with E-state index < -0.39 is 0 Å². The Morgan fingerprint density at radius 2 is 1.80 bits per heavy atom. The zero-order valence-corrected chi connectivity index (χ0v) is 17.5. The molecule has 3 N–H and O–H groups in total. The van der Waals surface area contributed by atoms with E-state index in [9.17, 15) is 14.7 Å². The number of hydrogen-bond donors (Lipinski definition) is 3. The number of phenolic OH excluding ortho intramolecular Hbond substituents is 1. The van der Waals surface area contributed by atoms with Gasteiger partial charge >= 0.3 is 6.03 Å². The lowest BCUT2D eigenvalue weighted by Crippen LogP contribution is -2.39. The first kappa shape index (κ1) is 21.5. The van der Waals surface area contributed by atoms with Crippen LogP contribution in [0.25, 0.3) is 0 Å². The van der Waals surface area contributed by atoms with Crippen LogP contribution in [0, 0.1) is 5.92 Å². The van der Waals surface area contributed by atoms with Crippen LogP contribution in [0.1, 0.15) is 37.8 Å². The van der Waals surface area contributed by atoms with Crippen LogP contribution < -0.4 is 15.4 Å². The van der Waals surface area contributed by atoms with Crippen LogP contribution in [0.4, 0.5) is 10.5 Å². The number of nitrogens with one attached hydrogen (secondary N) is 2. The first-order chi connectivity index (χ1) is 14.5. The lowest BCUT2D eigenvalue weighted by molar-refractivity contribution is -0.117. The summed E-state index contributed by atoms with van der Waals surface area (Å²) in [5.41, 5.74) is 2.60. The van der Waals surface area contributed by atoms with E-state index >= 15 is 0 Å². The van der Waals surface area contributed by atoms with Gasteiger partial charge in [-0.3, -0.25) is 4.79 Å². The molecule has 1 fully saturated rings. The molecular formula is C23H29N3O4. The van der Waals surface area contributed by atoms with Gasteiger partial charge in [0.2, 0.25) is 5.91 Å². The maximum atomic E-state index is 12.6. The van der Waals surface area contributed by atoms with Crippen molar-refractivity contribution >= 4 is 17.6 Å². The zero-order valence-electron chi connectivity index (χ0n) is 17.5. The third-order valence-corrected chi connectivity index (χ3v) is 4.98. The summed E-state index contributed by atoms with van der Waals surface area (Å²) in [6.45, 7) is 5.58. The number of benzene rings is 2. The minimum absolute atomic E-state index is 0.0800. The molecule has 30 heavy (non-hydrogen) atoms. The number of urea groups is 1. The van der Waals surface area contributed by atoms with Crippen molar-refractivity contribution in [1.29, 1.82) is 0 Å². The topological polar surface area (TPSA) is 90.9 Å². The number of amides is 3. The van der Waals surface area contributed by atoms with E-state index in [4.69, 9.17) is 4.74 Å². The van der Waals surface area contributed by atoms with Crippen molar-refractivity contribution in [2.75, 3.05) is 18.5 Å². The van der Waals surface area contributed by atoms with Gasteiger partial charge < -0.3 is 25.4 Å². The number of rotatable bonds is 9. The Hall–Kier alpha value is -3.22. The molecule has 0 spiro atoms. The maximum absolute atomic E-state index is 12.6. The average molecular weight is 412 g/mol. The molecule has 160 valence electrons. The predicted molar refractivity (Wildman–Crippen MR) is 115 cm³/mol. The Labute approximate surface area is 177 Å². The van der Waals surface area contributed by atoms with Crippen molar-refractivity contribution < 1.29 is 19.4 Å². The quantitative estimate of drug-likeness (QED) is 0.584.